The highest BCUT2D eigenvalue weighted by Gasteiger charge is 2.25. The van der Waals surface area contributed by atoms with Crippen molar-refractivity contribution in [2.75, 3.05) is 20.1 Å². The fraction of sp³-hybridized carbons (Fsp3) is 0.455. The Kier molecular flexibility index (Phi) is 5.33. The highest BCUT2D eigenvalue weighted by molar-refractivity contribution is 7.89. The van der Waals surface area contributed by atoms with Gasteiger partial charge in [0.05, 0.1) is 0 Å². The van der Waals surface area contributed by atoms with Gasteiger partial charge in [-0.05, 0) is 19.5 Å². The quantitative estimate of drug-likeness (QED) is 0.830. The molecule has 0 amide bonds. The highest BCUT2D eigenvalue weighted by Crippen LogP contribution is 2.19. The lowest BCUT2D eigenvalue weighted by atomic mass is 10.2. The Morgan fingerprint density at radius 2 is 1.68 bits per heavy atom. The fourth-order valence-electron chi connectivity index (χ4n) is 1.53. The van der Waals surface area contributed by atoms with Gasteiger partial charge in [-0.2, -0.15) is 0 Å². The van der Waals surface area contributed by atoms with Crippen molar-refractivity contribution in [1.29, 1.82) is 0 Å². The van der Waals surface area contributed by atoms with E-state index >= 15 is 0 Å². The van der Waals surface area contributed by atoms with Crippen LogP contribution < -0.4 is 10.0 Å². The summed E-state index contributed by atoms with van der Waals surface area (Å²) in [6, 6.07) is 0.656. The maximum atomic E-state index is 13.4. The molecule has 0 aromatic heterocycles. The van der Waals surface area contributed by atoms with Crippen molar-refractivity contribution in [1.82, 2.24) is 10.0 Å². The maximum Gasteiger partial charge on any atom is 0.246 e. The molecule has 1 aromatic rings. The van der Waals surface area contributed by atoms with Crippen LogP contribution in [0.25, 0.3) is 0 Å². The average Bonchev–Trinajstić information content (AvgIpc) is 2.25. The normalized spacial score (nSPS) is 13.5. The number of benzene rings is 1. The van der Waals surface area contributed by atoms with Gasteiger partial charge in [0.15, 0.2) is 4.90 Å². The van der Waals surface area contributed by atoms with E-state index in [9.17, 15) is 21.6 Å². The lowest BCUT2D eigenvalue weighted by Crippen LogP contribution is -2.33. The van der Waals surface area contributed by atoms with Gasteiger partial charge in [-0.25, -0.2) is 26.3 Å². The van der Waals surface area contributed by atoms with Crippen LogP contribution in [-0.2, 0) is 10.0 Å². The molecule has 2 N–H and O–H groups in total. The van der Waals surface area contributed by atoms with Gasteiger partial charge < -0.3 is 5.32 Å². The predicted octanol–water partition coefficient (Wildman–Crippen LogP) is 1.24. The van der Waals surface area contributed by atoms with Crippen LogP contribution in [0.4, 0.5) is 13.2 Å². The average molecular weight is 296 g/mol. The molecule has 0 spiro atoms. The maximum absolute atomic E-state index is 13.4. The van der Waals surface area contributed by atoms with Gasteiger partial charge in [0, 0.05) is 18.7 Å². The van der Waals surface area contributed by atoms with Gasteiger partial charge in [0.1, 0.15) is 17.5 Å². The number of hydrogen-bond donors (Lipinski definition) is 2. The van der Waals surface area contributed by atoms with Crippen molar-refractivity contribution in [3.63, 3.8) is 0 Å². The molecular weight excluding hydrogens is 281 g/mol. The van der Waals surface area contributed by atoms with E-state index in [0.717, 1.165) is 0 Å². The van der Waals surface area contributed by atoms with Crippen molar-refractivity contribution in [3.8, 4) is 0 Å². The summed E-state index contributed by atoms with van der Waals surface area (Å²) in [7, 11) is -2.65. The summed E-state index contributed by atoms with van der Waals surface area (Å²) in [5.41, 5.74) is 0. The third kappa shape index (κ3) is 4.19. The number of nitrogens with one attached hydrogen (secondary N) is 2. The van der Waals surface area contributed by atoms with E-state index in [-0.39, 0.29) is 12.5 Å². The van der Waals surface area contributed by atoms with Crippen LogP contribution in [0.3, 0.4) is 0 Å². The molecule has 0 saturated carbocycles. The van der Waals surface area contributed by atoms with Gasteiger partial charge >= 0.3 is 0 Å². The van der Waals surface area contributed by atoms with E-state index in [2.05, 4.69) is 10.0 Å². The predicted molar refractivity (Wildman–Crippen MR) is 64.6 cm³/mol. The summed E-state index contributed by atoms with van der Waals surface area (Å²) in [5, 5.41) is 2.84. The van der Waals surface area contributed by atoms with Crippen LogP contribution in [0, 0.1) is 23.4 Å². The van der Waals surface area contributed by atoms with Gasteiger partial charge in [-0.3, -0.25) is 0 Å². The molecule has 0 saturated heterocycles. The first-order valence-electron chi connectivity index (χ1n) is 5.56. The summed E-state index contributed by atoms with van der Waals surface area (Å²) < 4.78 is 65.1. The summed E-state index contributed by atoms with van der Waals surface area (Å²) in [6.07, 6.45) is 0. The summed E-state index contributed by atoms with van der Waals surface area (Å²) in [4.78, 5) is -1.16. The first-order chi connectivity index (χ1) is 8.77. The SMILES string of the molecule is CNCC(C)CNS(=O)(=O)c1c(F)cc(F)cc1F. The van der Waals surface area contributed by atoms with E-state index in [0.29, 0.717) is 18.7 Å². The Morgan fingerprint density at radius 3 is 2.16 bits per heavy atom. The number of rotatable bonds is 6. The molecule has 1 aromatic carbocycles. The molecule has 1 atom stereocenters. The fourth-order valence-corrected chi connectivity index (χ4v) is 2.81. The zero-order valence-corrected chi connectivity index (χ0v) is 11.3. The molecular formula is C11H15F3N2O2S. The first kappa shape index (κ1) is 15.9. The molecule has 8 heteroatoms. The molecule has 1 unspecified atom stereocenters. The number of hydrogen-bond acceptors (Lipinski definition) is 3. The Balaban J connectivity index is 2.95. The second-order valence-corrected chi connectivity index (χ2v) is 5.92. The molecule has 0 aliphatic heterocycles. The standard InChI is InChI=1S/C11H15F3N2O2S/c1-7(5-15-2)6-16-19(17,18)11-9(13)3-8(12)4-10(11)14/h3-4,7,15-16H,5-6H2,1-2H3. The smallest absolute Gasteiger partial charge is 0.246 e. The van der Waals surface area contributed by atoms with Crippen molar-refractivity contribution >= 4 is 10.0 Å². The van der Waals surface area contributed by atoms with Crippen molar-refractivity contribution in [2.24, 2.45) is 5.92 Å². The molecule has 4 nitrogen and oxygen atoms in total. The highest BCUT2D eigenvalue weighted by atomic mass is 32.2. The monoisotopic (exact) mass is 296 g/mol. The number of halogens is 3. The van der Waals surface area contributed by atoms with Crippen LogP contribution >= 0.6 is 0 Å². The molecule has 0 heterocycles. The Morgan fingerprint density at radius 1 is 1.16 bits per heavy atom. The second kappa shape index (κ2) is 6.36. The van der Waals surface area contributed by atoms with E-state index in [1.165, 1.54) is 0 Å². The van der Waals surface area contributed by atoms with Crippen molar-refractivity contribution in [3.05, 3.63) is 29.6 Å². The van der Waals surface area contributed by atoms with Gasteiger partial charge in [0.2, 0.25) is 10.0 Å². The molecule has 1 rings (SSSR count). The Hall–Kier alpha value is -1.12. The van der Waals surface area contributed by atoms with E-state index in [1.54, 1.807) is 14.0 Å². The minimum absolute atomic E-state index is 0.0133. The van der Waals surface area contributed by atoms with E-state index < -0.39 is 32.4 Å². The number of sulfonamides is 1. The van der Waals surface area contributed by atoms with Gasteiger partial charge in [-0.15, -0.1) is 0 Å². The van der Waals surface area contributed by atoms with Gasteiger partial charge in [-0.1, -0.05) is 6.92 Å². The lowest BCUT2D eigenvalue weighted by Gasteiger charge is -2.13. The third-order valence-corrected chi connectivity index (χ3v) is 3.88. The molecule has 0 radical (unpaired) electrons. The zero-order valence-electron chi connectivity index (χ0n) is 10.5. The Bertz CT molecular complexity index is 526. The minimum atomic E-state index is -4.35. The van der Waals surface area contributed by atoms with E-state index in [4.69, 9.17) is 0 Å². The summed E-state index contributed by atoms with van der Waals surface area (Å²) in [5.74, 6) is -4.14. The molecule has 108 valence electrons. The van der Waals surface area contributed by atoms with Crippen LogP contribution in [0.15, 0.2) is 17.0 Å². The lowest BCUT2D eigenvalue weighted by molar-refractivity contribution is 0.485. The summed E-state index contributed by atoms with van der Waals surface area (Å²) >= 11 is 0. The second-order valence-electron chi connectivity index (χ2n) is 4.21. The zero-order chi connectivity index (χ0) is 14.6. The largest absolute Gasteiger partial charge is 0.319 e. The van der Waals surface area contributed by atoms with E-state index in [1.807, 2.05) is 0 Å². The van der Waals surface area contributed by atoms with Crippen molar-refractivity contribution in [2.45, 2.75) is 11.8 Å². The molecule has 0 aliphatic carbocycles. The van der Waals surface area contributed by atoms with Gasteiger partial charge in [0.25, 0.3) is 0 Å². The molecule has 0 fully saturated rings. The molecule has 19 heavy (non-hydrogen) atoms. The molecule has 0 bridgehead atoms. The first-order valence-corrected chi connectivity index (χ1v) is 7.05. The third-order valence-electron chi connectivity index (χ3n) is 2.41. The van der Waals surface area contributed by atoms with Crippen LogP contribution in [0.2, 0.25) is 0 Å². The van der Waals surface area contributed by atoms with Crippen LogP contribution in [0.5, 0.6) is 0 Å². The minimum Gasteiger partial charge on any atom is -0.319 e. The van der Waals surface area contributed by atoms with Crippen LogP contribution in [-0.4, -0.2) is 28.6 Å². The molecule has 0 aliphatic rings. The summed E-state index contributed by atoms with van der Waals surface area (Å²) in [6.45, 7) is 2.31. The van der Waals surface area contributed by atoms with Crippen LogP contribution in [0.1, 0.15) is 6.92 Å². The van der Waals surface area contributed by atoms with Crippen molar-refractivity contribution < 1.29 is 21.6 Å². The topological polar surface area (TPSA) is 58.2 Å². The Labute approximate surface area is 110 Å².